The quantitative estimate of drug-likeness (QED) is 0.518. The molecule has 1 aliphatic heterocycles. The van der Waals surface area contributed by atoms with Crippen LogP contribution in [0.2, 0.25) is 0 Å². The lowest BCUT2D eigenvalue weighted by molar-refractivity contribution is 0.496. The van der Waals surface area contributed by atoms with Gasteiger partial charge in [-0.2, -0.15) is 0 Å². The van der Waals surface area contributed by atoms with Gasteiger partial charge in [0.15, 0.2) is 0 Å². The van der Waals surface area contributed by atoms with E-state index in [1.165, 1.54) is 38.6 Å². The zero-order valence-corrected chi connectivity index (χ0v) is 5.90. The maximum Gasteiger partial charge on any atom is 0.00698 e. The maximum atomic E-state index is 3.57. The molecule has 0 unspecified atom stereocenters. The normalized spacial score (nSPS) is 42.7. The number of hydrogen-bond donors (Lipinski definition) is 1. The first-order valence-electron chi connectivity index (χ1n) is 4.18. The van der Waals surface area contributed by atoms with Crippen molar-refractivity contribution in [2.75, 3.05) is 6.54 Å². The second kappa shape index (κ2) is 2.30. The zero-order chi connectivity index (χ0) is 6.10. The first kappa shape index (κ1) is 5.72. The third-order valence-electron chi connectivity index (χ3n) is 2.76. The van der Waals surface area contributed by atoms with Gasteiger partial charge in [-0.05, 0) is 44.6 Å². The summed E-state index contributed by atoms with van der Waals surface area (Å²) in [6.45, 7) is 1.28. The molecule has 2 fully saturated rings. The average Bonchev–Trinajstić information content (AvgIpc) is 2.09. The van der Waals surface area contributed by atoms with Gasteiger partial charge in [0.25, 0.3) is 0 Å². The van der Waals surface area contributed by atoms with Gasteiger partial charge in [0.2, 0.25) is 0 Å². The van der Waals surface area contributed by atoms with Crippen molar-refractivity contribution in [2.24, 2.45) is 5.92 Å². The van der Waals surface area contributed by atoms with Crippen LogP contribution in [0.5, 0.6) is 0 Å². The summed E-state index contributed by atoms with van der Waals surface area (Å²) in [6.07, 6.45) is 7.33. The fraction of sp³-hybridized carbons (Fsp3) is 1.00. The minimum Gasteiger partial charge on any atom is -0.314 e. The highest BCUT2D eigenvalue weighted by molar-refractivity contribution is 4.83. The van der Waals surface area contributed by atoms with Gasteiger partial charge >= 0.3 is 0 Å². The molecule has 2 bridgehead atoms. The summed E-state index contributed by atoms with van der Waals surface area (Å²) in [4.78, 5) is 0. The van der Waals surface area contributed by atoms with Gasteiger partial charge in [0.05, 0.1) is 0 Å². The summed E-state index contributed by atoms with van der Waals surface area (Å²) in [5.41, 5.74) is 0. The van der Waals surface area contributed by atoms with E-state index in [0.29, 0.717) is 0 Å². The van der Waals surface area contributed by atoms with Crippen LogP contribution in [0.4, 0.5) is 0 Å². The van der Waals surface area contributed by atoms with Crippen molar-refractivity contribution >= 4 is 0 Å². The van der Waals surface area contributed by atoms with Crippen LogP contribution in [0.3, 0.4) is 0 Å². The van der Waals surface area contributed by atoms with E-state index in [1.807, 2.05) is 0 Å². The van der Waals surface area contributed by atoms with E-state index in [4.69, 9.17) is 0 Å². The first-order chi connectivity index (χ1) is 4.45. The Labute approximate surface area is 56.8 Å². The van der Waals surface area contributed by atoms with Crippen molar-refractivity contribution in [3.8, 4) is 0 Å². The van der Waals surface area contributed by atoms with Crippen molar-refractivity contribution in [1.29, 1.82) is 0 Å². The summed E-state index contributed by atoms with van der Waals surface area (Å²) >= 11 is 0. The highest BCUT2D eigenvalue weighted by Crippen LogP contribution is 2.30. The molecule has 1 N–H and O–H groups in total. The van der Waals surface area contributed by atoms with Crippen molar-refractivity contribution < 1.29 is 0 Å². The molecule has 0 radical (unpaired) electrons. The summed E-state index contributed by atoms with van der Waals surface area (Å²) in [5.74, 6) is 1.09. The molecule has 2 atom stereocenters. The summed E-state index contributed by atoms with van der Waals surface area (Å²) < 4.78 is 0. The van der Waals surface area contributed by atoms with Crippen molar-refractivity contribution in [3.63, 3.8) is 0 Å². The predicted molar refractivity (Wildman–Crippen MR) is 38.4 cm³/mol. The fourth-order valence-electron chi connectivity index (χ4n) is 2.22. The van der Waals surface area contributed by atoms with Crippen LogP contribution in [0.1, 0.15) is 32.1 Å². The molecule has 1 saturated carbocycles. The zero-order valence-electron chi connectivity index (χ0n) is 5.90. The van der Waals surface area contributed by atoms with Crippen LogP contribution in [0.25, 0.3) is 0 Å². The number of fused-ring (bicyclic) bond motifs is 2. The highest BCUT2D eigenvalue weighted by atomic mass is 14.9. The third-order valence-corrected chi connectivity index (χ3v) is 2.76. The molecule has 0 spiro atoms. The van der Waals surface area contributed by atoms with E-state index in [-0.39, 0.29) is 0 Å². The largest absolute Gasteiger partial charge is 0.314 e. The van der Waals surface area contributed by atoms with E-state index in [0.717, 1.165) is 12.0 Å². The SMILES string of the molecule is C1CN[C@H]2CC[C@@H](C1)C2. The van der Waals surface area contributed by atoms with Crippen LogP contribution in [0, 0.1) is 5.92 Å². The molecule has 1 aliphatic carbocycles. The summed E-state index contributed by atoms with van der Waals surface area (Å²) in [7, 11) is 0. The van der Waals surface area contributed by atoms with Crippen LogP contribution >= 0.6 is 0 Å². The molecule has 2 rings (SSSR count). The Morgan fingerprint density at radius 3 is 3.11 bits per heavy atom. The number of rotatable bonds is 0. The minimum absolute atomic E-state index is 0.900. The molecule has 0 amide bonds. The summed E-state index contributed by atoms with van der Waals surface area (Å²) in [6, 6.07) is 0.900. The van der Waals surface area contributed by atoms with Gasteiger partial charge in [-0.25, -0.2) is 0 Å². The van der Waals surface area contributed by atoms with Gasteiger partial charge in [0.1, 0.15) is 0 Å². The Hall–Kier alpha value is -0.0400. The monoisotopic (exact) mass is 125 g/mol. The third kappa shape index (κ3) is 1.11. The molecular formula is C8H15N. The predicted octanol–water partition coefficient (Wildman–Crippen LogP) is 1.54. The average molecular weight is 125 g/mol. The number of hydrogen-bond acceptors (Lipinski definition) is 1. The molecule has 2 aliphatic rings. The molecule has 0 aromatic heterocycles. The number of nitrogens with one attached hydrogen (secondary N) is 1. The van der Waals surface area contributed by atoms with E-state index in [9.17, 15) is 0 Å². The lowest BCUT2D eigenvalue weighted by atomic mass is 10.0. The van der Waals surface area contributed by atoms with Gasteiger partial charge < -0.3 is 5.32 Å². The Bertz CT molecular complexity index is 88.7. The van der Waals surface area contributed by atoms with Gasteiger partial charge in [-0.1, -0.05) is 0 Å². The standard InChI is InChI=1S/C8H15N/c1-2-7-3-4-8(6-7)9-5-1/h7-9H,1-6H2/t7-,8+/m1/s1. The second-order valence-electron chi connectivity index (χ2n) is 3.47. The Morgan fingerprint density at radius 1 is 1.11 bits per heavy atom. The lowest BCUT2D eigenvalue weighted by Crippen LogP contribution is -2.25. The van der Waals surface area contributed by atoms with Crippen LogP contribution in [-0.4, -0.2) is 12.6 Å². The minimum atomic E-state index is 0.900. The van der Waals surface area contributed by atoms with E-state index < -0.39 is 0 Å². The molecule has 0 aromatic carbocycles. The van der Waals surface area contributed by atoms with Crippen LogP contribution in [-0.2, 0) is 0 Å². The Balaban J connectivity index is 1.99. The highest BCUT2D eigenvalue weighted by Gasteiger charge is 2.25. The molecule has 0 aromatic rings. The second-order valence-corrected chi connectivity index (χ2v) is 3.47. The van der Waals surface area contributed by atoms with E-state index in [1.54, 1.807) is 0 Å². The summed E-state index contributed by atoms with van der Waals surface area (Å²) in [5, 5.41) is 3.57. The molecular weight excluding hydrogens is 110 g/mol. The fourth-order valence-corrected chi connectivity index (χ4v) is 2.22. The maximum absolute atomic E-state index is 3.57. The van der Waals surface area contributed by atoms with Crippen LogP contribution < -0.4 is 5.32 Å². The van der Waals surface area contributed by atoms with Gasteiger partial charge in [0, 0.05) is 6.04 Å². The Morgan fingerprint density at radius 2 is 2.11 bits per heavy atom. The van der Waals surface area contributed by atoms with Crippen molar-refractivity contribution in [3.05, 3.63) is 0 Å². The topological polar surface area (TPSA) is 12.0 Å². The molecule has 52 valence electrons. The Kier molecular flexibility index (Phi) is 1.46. The van der Waals surface area contributed by atoms with E-state index >= 15 is 0 Å². The molecule has 1 heterocycles. The lowest BCUT2D eigenvalue weighted by Gasteiger charge is -2.08. The van der Waals surface area contributed by atoms with E-state index in [2.05, 4.69) is 5.32 Å². The molecule has 1 heteroatoms. The van der Waals surface area contributed by atoms with Crippen molar-refractivity contribution in [1.82, 2.24) is 5.32 Å². The van der Waals surface area contributed by atoms with Gasteiger partial charge in [-0.3, -0.25) is 0 Å². The molecule has 1 saturated heterocycles. The molecule has 9 heavy (non-hydrogen) atoms. The van der Waals surface area contributed by atoms with Crippen molar-refractivity contribution in [2.45, 2.75) is 38.1 Å². The molecule has 1 nitrogen and oxygen atoms in total. The first-order valence-corrected chi connectivity index (χ1v) is 4.18. The van der Waals surface area contributed by atoms with Gasteiger partial charge in [-0.15, -0.1) is 0 Å². The smallest absolute Gasteiger partial charge is 0.00698 e. The van der Waals surface area contributed by atoms with Crippen LogP contribution in [0.15, 0.2) is 0 Å².